The van der Waals surface area contributed by atoms with Gasteiger partial charge in [0.05, 0.1) is 18.6 Å². The Labute approximate surface area is 216 Å². The van der Waals surface area contributed by atoms with E-state index in [4.69, 9.17) is 4.74 Å². The highest BCUT2D eigenvalue weighted by atomic mass is 32.2. The summed E-state index contributed by atoms with van der Waals surface area (Å²) in [7, 11) is 1.61. The van der Waals surface area contributed by atoms with Crippen LogP contribution >= 0.6 is 11.8 Å². The zero-order chi connectivity index (χ0) is 25.5. The topological polar surface area (TPSA) is 71.0 Å². The predicted molar refractivity (Wildman–Crippen MR) is 147 cm³/mol. The van der Waals surface area contributed by atoms with Gasteiger partial charge in [0.15, 0.2) is 5.17 Å². The normalized spacial score (nSPS) is 14.2. The molecule has 0 atom stereocenters. The molecule has 6 nitrogen and oxygen atoms in total. The van der Waals surface area contributed by atoms with E-state index < -0.39 is 0 Å². The summed E-state index contributed by atoms with van der Waals surface area (Å²) in [6.45, 7) is 4.54. The van der Waals surface area contributed by atoms with E-state index in [0.29, 0.717) is 17.4 Å². The molecule has 0 aliphatic carbocycles. The van der Waals surface area contributed by atoms with Crippen molar-refractivity contribution < 1.29 is 14.3 Å². The fourth-order valence-electron chi connectivity index (χ4n) is 3.93. The first-order valence-corrected chi connectivity index (χ1v) is 12.7. The highest BCUT2D eigenvalue weighted by molar-refractivity contribution is 8.14. The lowest BCUT2D eigenvalue weighted by Crippen LogP contribution is -2.33. The summed E-state index contributed by atoms with van der Waals surface area (Å²) in [4.78, 5) is 32.2. The number of carbonyl (C=O) groups is 2. The molecule has 184 valence electrons. The van der Waals surface area contributed by atoms with Crippen LogP contribution in [0.15, 0.2) is 83.5 Å². The van der Waals surface area contributed by atoms with Gasteiger partial charge in [0.25, 0.3) is 5.91 Å². The molecule has 1 aliphatic heterocycles. The number of amides is 2. The van der Waals surface area contributed by atoms with E-state index in [1.165, 1.54) is 17.3 Å². The van der Waals surface area contributed by atoms with Gasteiger partial charge >= 0.3 is 0 Å². The minimum atomic E-state index is -0.220. The molecule has 1 aliphatic rings. The maximum absolute atomic E-state index is 13.4. The van der Waals surface area contributed by atoms with Crippen molar-refractivity contribution in [3.05, 3.63) is 101 Å². The molecule has 0 saturated carbocycles. The van der Waals surface area contributed by atoms with Crippen LogP contribution in [0.3, 0.4) is 0 Å². The van der Waals surface area contributed by atoms with Gasteiger partial charge in [-0.05, 0) is 72.9 Å². The van der Waals surface area contributed by atoms with Crippen LogP contribution in [0.2, 0.25) is 0 Å². The first-order chi connectivity index (χ1) is 17.4. The quantitative estimate of drug-likeness (QED) is 0.435. The van der Waals surface area contributed by atoms with Gasteiger partial charge in [-0.25, -0.2) is 4.99 Å². The van der Waals surface area contributed by atoms with E-state index in [2.05, 4.69) is 16.4 Å². The van der Waals surface area contributed by atoms with E-state index in [-0.39, 0.29) is 17.6 Å². The van der Waals surface area contributed by atoms with E-state index in [0.717, 1.165) is 34.5 Å². The van der Waals surface area contributed by atoms with Gasteiger partial charge in [-0.1, -0.05) is 60.3 Å². The second kappa shape index (κ2) is 11.7. The smallest absolute Gasteiger partial charge is 0.283 e. The van der Waals surface area contributed by atoms with E-state index in [1.54, 1.807) is 18.1 Å². The molecule has 0 fully saturated rings. The second-order valence-electron chi connectivity index (χ2n) is 8.56. The van der Waals surface area contributed by atoms with Crippen LogP contribution in [0.25, 0.3) is 6.08 Å². The summed E-state index contributed by atoms with van der Waals surface area (Å²) < 4.78 is 5.22. The third-order valence-electron chi connectivity index (χ3n) is 5.62. The van der Waals surface area contributed by atoms with Gasteiger partial charge in [-0.3, -0.25) is 14.5 Å². The number of ether oxygens (including phenoxy) is 1. The van der Waals surface area contributed by atoms with E-state index in [9.17, 15) is 9.59 Å². The number of nitrogens with zero attached hydrogens (tertiary/aromatic N) is 2. The van der Waals surface area contributed by atoms with Gasteiger partial charge in [0, 0.05) is 6.54 Å². The minimum absolute atomic E-state index is 0.0981. The summed E-state index contributed by atoms with van der Waals surface area (Å²) in [5.74, 6) is 0.587. The number of amidine groups is 1. The van der Waals surface area contributed by atoms with Crippen molar-refractivity contribution in [1.29, 1.82) is 0 Å². The van der Waals surface area contributed by atoms with Crippen molar-refractivity contribution in [1.82, 2.24) is 5.32 Å². The number of benzene rings is 3. The number of hydrogen-bond donors (Lipinski definition) is 1. The minimum Gasteiger partial charge on any atom is -0.497 e. The fraction of sp³-hybridized carbons (Fsp3) is 0.207. The van der Waals surface area contributed by atoms with E-state index in [1.807, 2.05) is 80.6 Å². The van der Waals surface area contributed by atoms with Crippen LogP contribution in [-0.2, 0) is 16.0 Å². The summed E-state index contributed by atoms with van der Waals surface area (Å²) in [5, 5.41) is 3.45. The lowest BCUT2D eigenvalue weighted by atomic mass is 10.1. The Hall–Kier alpha value is -3.84. The number of hydrogen-bond acceptors (Lipinski definition) is 5. The molecule has 3 aromatic rings. The molecular weight excluding hydrogens is 470 g/mol. The van der Waals surface area contributed by atoms with Gasteiger partial charge in [-0.2, -0.15) is 0 Å². The molecular formula is C29H29N3O3S. The molecule has 0 unspecified atom stereocenters. The first-order valence-electron chi connectivity index (χ1n) is 11.7. The number of rotatable bonds is 8. The molecule has 1 N–H and O–H groups in total. The molecule has 2 amide bonds. The average Bonchev–Trinajstić information content (AvgIpc) is 3.18. The lowest BCUT2D eigenvalue weighted by Gasteiger charge is -2.19. The van der Waals surface area contributed by atoms with Crippen molar-refractivity contribution in [2.75, 3.05) is 24.3 Å². The number of nitrogens with one attached hydrogen (secondary N) is 1. The fourth-order valence-corrected chi connectivity index (χ4v) is 4.77. The van der Waals surface area contributed by atoms with Crippen molar-refractivity contribution in [3.63, 3.8) is 0 Å². The van der Waals surface area contributed by atoms with Crippen molar-refractivity contribution in [3.8, 4) is 5.75 Å². The molecule has 4 rings (SSSR count). The maximum Gasteiger partial charge on any atom is 0.283 e. The Bertz CT molecular complexity index is 1280. The number of anilines is 1. The Morgan fingerprint density at radius 1 is 1.03 bits per heavy atom. The monoisotopic (exact) mass is 499 g/mol. The molecule has 7 heteroatoms. The third kappa shape index (κ3) is 6.43. The molecule has 0 radical (unpaired) electrons. The number of thioether (sulfide) groups is 1. The van der Waals surface area contributed by atoms with Crippen LogP contribution in [0.1, 0.15) is 22.3 Å². The first kappa shape index (κ1) is 25.3. The van der Waals surface area contributed by atoms with Crippen molar-refractivity contribution in [2.45, 2.75) is 20.3 Å². The van der Waals surface area contributed by atoms with Crippen molar-refractivity contribution in [2.24, 2.45) is 4.99 Å². The van der Waals surface area contributed by atoms with Gasteiger partial charge in [-0.15, -0.1) is 0 Å². The third-order valence-corrected chi connectivity index (χ3v) is 6.56. The van der Waals surface area contributed by atoms with Crippen LogP contribution < -0.4 is 15.0 Å². The predicted octanol–water partition coefficient (Wildman–Crippen LogP) is 5.15. The average molecular weight is 500 g/mol. The zero-order valence-electron chi connectivity index (χ0n) is 20.7. The second-order valence-corrected chi connectivity index (χ2v) is 9.50. The number of aliphatic imine (C=N–C) groups is 1. The maximum atomic E-state index is 13.4. The number of carbonyl (C=O) groups excluding carboxylic acids is 2. The Morgan fingerprint density at radius 3 is 2.39 bits per heavy atom. The Kier molecular flexibility index (Phi) is 8.23. The van der Waals surface area contributed by atoms with Gasteiger partial charge < -0.3 is 10.1 Å². The van der Waals surface area contributed by atoms with Crippen LogP contribution in [0.5, 0.6) is 5.75 Å². The molecule has 1 heterocycles. The molecule has 0 aromatic heterocycles. The summed E-state index contributed by atoms with van der Waals surface area (Å²) in [6.07, 6.45) is 2.52. The highest BCUT2D eigenvalue weighted by Gasteiger charge is 2.32. The van der Waals surface area contributed by atoms with Crippen LogP contribution in [0.4, 0.5) is 5.69 Å². The van der Waals surface area contributed by atoms with Gasteiger partial charge in [0.1, 0.15) is 11.4 Å². The largest absolute Gasteiger partial charge is 0.497 e. The molecule has 0 spiro atoms. The van der Waals surface area contributed by atoms with Crippen LogP contribution in [0, 0.1) is 13.8 Å². The zero-order valence-corrected chi connectivity index (χ0v) is 21.5. The number of aryl methyl sites for hydroxylation is 2. The number of methoxy groups -OCH3 is 1. The highest BCUT2D eigenvalue weighted by Crippen LogP contribution is 2.31. The Balaban J connectivity index is 1.50. The summed E-state index contributed by atoms with van der Waals surface area (Å²) in [6, 6.07) is 23.4. The summed E-state index contributed by atoms with van der Waals surface area (Å²) >= 11 is 1.26. The standard InChI is InChI=1S/C29H29N3O3S/c1-20-15-21(2)17-24(16-20)32-28(34)26(18-23-9-11-25(35-3)12-10-23)31-29(32)36-19-27(33)30-14-13-22-7-5-4-6-8-22/h4-12,15-18H,13-14,19H2,1-3H3,(H,30,33)/b26-18-. The SMILES string of the molecule is COc1ccc(/C=C2\N=C(SCC(=O)NCCc3ccccc3)N(c3cc(C)cc(C)c3)C2=O)cc1. The lowest BCUT2D eigenvalue weighted by molar-refractivity contribution is -0.118. The molecule has 0 saturated heterocycles. The van der Waals surface area contributed by atoms with Crippen LogP contribution in [-0.4, -0.2) is 36.4 Å². The molecule has 3 aromatic carbocycles. The van der Waals surface area contributed by atoms with E-state index >= 15 is 0 Å². The van der Waals surface area contributed by atoms with Gasteiger partial charge in [0.2, 0.25) is 5.91 Å². The Morgan fingerprint density at radius 2 is 1.72 bits per heavy atom. The summed E-state index contributed by atoms with van der Waals surface area (Å²) in [5.41, 5.74) is 5.18. The molecule has 36 heavy (non-hydrogen) atoms. The molecule has 0 bridgehead atoms. The van der Waals surface area contributed by atoms with Crippen molar-refractivity contribution >= 4 is 40.5 Å².